The van der Waals surface area contributed by atoms with Crippen LogP contribution in [0.4, 0.5) is 0 Å². The molecule has 1 saturated heterocycles. The van der Waals surface area contributed by atoms with Crippen LogP contribution in [0.15, 0.2) is 53.3 Å². The Hall–Kier alpha value is -3.26. The van der Waals surface area contributed by atoms with Gasteiger partial charge in [0.1, 0.15) is 11.3 Å². The summed E-state index contributed by atoms with van der Waals surface area (Å²) < 4.78 is 6.75. The van der Waals surface area contributed by atoms with Gasteiger partial charge in [-0.2, -0.15) is 0 Å². The van der Waals surface area contributed by atoms with Crippen LogP contribution in [0.1, 0.15) is 18.0 Å². The zero-order chi connectivity index (χ0) is 20.2. The molecule has 8 heteroatoms. The van der Waals surface area contributed by atoms with Crippen LogP contribution < -0.4 is 15.6 Å². The average Bonchev–Trinajstić information content (AvgIpc) is 2.78. The second kappa shape index (κ2) is 8.40. The summed E-state index contributed by atoms with van der Waals surface area (Å²) in [4.78, 5) is 27.5. The van der Waals surface area contributed by atoms with E-state index in [0.717, 1.165) is 17.9 Å². The molecule has 0 bridgehead atoms. The lowest BCUT2D eigenvalue weighted by atomic mass is 10.0. The molecule has 3 aromatic rings. The normalized spacial score (nSPS) is 16.7. The van der Waals surface area contributed by atoms with E-state index in [1.807, 2.05) is 35.2 Å². The molecule has 1 N–H and O–H groups in total. The number of amides is 1. The number of carbonyl (C=O) groups is 1. The first-order chi connectivity index (χ1) is 14.2. The molecule has 2 aromatic carbocycles. The lowest BCUT2D eigenvalue weighted by Crippen LogP contribution is -2.49. The van der Waals surface area contributed by atoms with E-state index in [4.69, 9.17) is 4.74 Å². The lowest BCUT2D eigenvalue weighted by Gasteiger charge is -2.37. The van der Waals surface area contributed by atoms with Crippen molar-refractivity contribution in [3.05, 3.63) is 64.4 Å². The van der Waals surface area contributed by atoms with Crippen LogP contribution in [0.2, 0.25) is 0 Å². The summed E-state index contributed by atoms with van der Waals surface area (Å²) >= 11 is 0. The van der Waals surface area contributed by atoms with Gasteiger partial charge in [-0.3, -0.25) is 9.59 Å². The number of aryl methyl sites for hydroxylation is 1. The van der Waals surface area contributed by atoms with Crippen molar-refractivity contribution < 1.29 is 9.53 Å². The molecule has 150 valence electrons. The number of piperazine rings is 1. The van der Waals surface area contributed by atoms with Crippen LogP contribution in [-0.4, -0.2) is 52.5 Å². The number of nitrogens with zero attached hydrogens (tertiary/aromatic N) is 4. The highest BCUT2D eigenvalue weighted by Crippen LogP contribution is 2.30. The van der Waals surface area contributed by atoms with Gasteiger partial charge < -0.3 is 15.0 Å². The van der Waals surface area contributed by atoms with Crippen molar-refractivity contribution in [3.63, 3.8) is 0 Å². The van der Waals surface area contributed by atoms with E-state index < -0.39 is 0 Å². The third kappa shape index (κ3) is 3.84. The van der Waals surface area contributed by atoms with E-state index in [-0.39, 0.29) is 30.5 Å². The van der Waals surface area contributed by atoms with E-state index in [1.165, 1.54) is 4.68 Å². The molecule has 1 amide bonds. The maximum absolute atomic E-state index is 13.0. The number of hydrogen-bond donors (Lipinski definition) is 1. The molecular weight excluding hydrogens is 370 g/mol. The Morgan fingerprint density at radius 3 is 2.86 bits per heavy atom. The molecule has 0 spiro atoms. The Morgan fingerprint density at radius 1 is 1.21 bits per heavy atom. The van der Waals surface area contributed by atoms with Gasteiger partial charge in [-0.1, -0.05) is 35.5 Å². The third-order valence-electron chi connectivity index (χ3n) is 5.23. The Bertz CT molecular complexity index is 1080. The highest BCUT2D eigenvalue weighted by molar-refractivity contribution is 5.78. The van der Waals surface area contributed by atoms with E-state index in [1.54, 1.807) is 25.3 Å². The van der Waals surface area contributed by atoms with Crippen LogP contribution in [0.25, 0.3) is 10.9 Å². The summed E-state index contributed by atoms with van der Waals surface area (Å²) in [5, 5.41) is 11.9. The number of fused-ring (bicyclic) bond motifs is 1. The maximum atomic E-state index is 13.0. The highest BCUT2D eigenvalue weighted by atomic mass is 16.5. The summed E-state index contributed by atoms with van der Waals surface area (Å²) in [6.45, 7) is 2.17. The van der Waals surface area contributed by atoms with Crippen molar-refractivity contribution in [1.82, 2.24) is 25.2 Å². The molecule has 1 fully saturated rings. The van der Waals surface area contributed by atoms with E-state index in [0.29, 0.717) is 24.0 Å². The minimum Gasteiger partial charge on any atom is -0.496 e. The Kier molecular flexibility index (Phi) is 5.53. The van der Waals surface area contributed by atoms with Gasteiger partial charge >= 0.3 is 0 Å². The number of methoxy groups -OCH3 is 1. The van der Waals surface area contributed by atoms with E-state index in [2.05, 4.69) is 15.6 Å². The van der Waals surface area contributed by atoms with Crippen molar-refractivity contribution in [1.29, 1.82) is 0 Å². The molecular formula is C21H23N5O3. The highest BCUT2D eigenvalue weighted by Gasteiger charge is 2.29. The summed E-state index contributed by atoms with van der Waals surface area (Å²) in [6.07, 6.45) is 0.179. The summed E-state index contributed by atoms with van der Waals surface area (Å²) in [5.41, 5.74) is 1.29. The van der Waals surface area contributed by atoms with Crippen LogP contribution in [0.3, 0.4) is 0 Å². The molecule has 0 aliphatic carbocycles. The average molecular weight is 393 g/mol. The molecule has 1 aliphatic heterocycles. The van der Waals surface area contributed by atoms with Gasteiger partial charge in [0.2, 0.25) is 5.91 Å². The molecule has 29 heavy (non-hydrogen) atoms. The van der Waals surface area contributed by atoms with Gasteiger partial charge in [0.05, 0.1) is 25.1 Å². The molecule has 1 unspecified atom stereocenters. The van der Waals surface area contributed by atoms with Gasteiger partial charge in [-0.25, -0.2) is 4.68 Å². The minimum absolute atomic E-state index is 0.0238. The van der Waals surface area contributed by atoms with Gasteiger partial charge in [-0.15, -0.1) is 5.10 Å². The molecule has 0 radical (unpaired) electrons. The second-order valence-electron chi connectivity index (χ2n) is 6.93. The lowest BCUT2D eigenvalue weighted by molar-refractivity contribution is -0.134. The summed E-state index contributed by atoms with van der Waals surface area (Å²) in [6, 6.07) is 14.7. The predicted molar refractivity (Wildman–Crippen MR) is 109 cm³/mol. The largest absolute Gasteiger partial charge is 0.496 e. The Labute approximate surface area is 168 Å². The van der Waals surface area contributed by atoms with Crippen LogP contribution in [-0.2, 0) is 11.3 Å². The van der Waals surface area contributed by atoms with Crippen LogP contribution in [0, 0.1) is 0 Å². The fourth-order valence-corrected chi connectivity index (χ4v) is 3.74. The number of nitrogens with one attached hydrogen (secondary N) is 1. The second-order valence-corrected chi connectivity index (χ2v) is 6.93. The molecule has 2 heterocycles. The van der Waals surface area contributed by atoms with Crippen LogP contribution in [0.5, 0.6) is 5.75 Å². The standard InChI is InChI=1S/C21H23N5O3/c1-29-19-9-5-3-7-16(19)18-14-22-11-13-25(18)20(27)10-12-26-21(28)15-6-2-4-8-17(15)23-24-26/h2-9,18,22H,10-14H2,1H3. The van der Waals surface area contributed by atoms with E-state index in [9.17, 15) is 9.59 Å². The monoisotopic (exact) mass is 393 g/mol. The summed E-state index contributed by atoms with van der Waals surface area (Å²) in [7, 11) is 1.63. The number of ether oxygens (including phenoxy) is 1. The fourth-order valence-electron chi connectivity index (χ4n) is 3.74. The van der Waals surface area contributed by atoms with Crippen molar-refractivity contribution in [2.45, 2.75) is 19.0 Å². The first-order valence-corrected chi connectivity index (χ1v) is 9.64. The number of para-hydroxylation sites is 1. The number of carbonyl (C=O) groups excluding carboxylic acids is 1. The van der Waals surface area contributed by atoms with Crippen molar-refractivity contribution >= 4 is 16.8 Å². The summed E-state index contributed by atoms with van der Waals surface area (Å²) in [5.74, 6) is 0.736. The zero-order valence-corrected chi connectivity index (χ0v) is 16.2. The SMILES string of the molecule is COc1ccccc1C1CNCCN1C(=O)CCn1nnc2ccccc2c1=O. The smallest absolute Gasteiger partial charge is 0.277 e. The topological polar surface area (TPSA) is 89.3 Å². The zero-order valence-electron chi connectivity index (χ0n) is 16.2. The Balaban J connectivity index is 1.52. The van der Waals surface area contributed by atoms with Gasteiger partial charge in [0.25, 0.3) is 5.56 Å². The van der Waals surface area contributed by atoms with E-state index >= 15 is 0 Å². The quantitative estimate of drug-likeness (QED) is 0.704. The van der Waals surface area contributed by atoms with Crippen molar-refractivity contribution in [3.8, 4) is 5.75 Å². The van der Waals surface area contributed by atoms with Crippen molar-refractivity contribution in [2.24, 2.45) is 0 Å². The molecule has 0 saturated carbocycles. The maximum Gasteiger partial charge on any atom is 0.277 e. The first kappa shape index (κ1) is 19.1. The molecule has 1 aliphatic rings. The van der Waals surface area contributed by atoms with Crippen LogP contribution >= 0.6 is 0 Å². The first-order valence-electron chi connectivity index (χ1n) is 9.64. The molecule has 1 aromatic heterocycles. The Morgan fingerprint density at radius 2 is 2.00 bits per heavy atom. The molecule has 1 atom stereocenters. The molecule has 8 nitrogen and oxygen atoms in total. The number of rotatable bonds is 5. The number of hydrogen-bond acceptors (Lipinski definition) is 6. The number of benzene rings is 2. The van der Waals surface area contributed by atoms with Gasteiger partial charge in [0.15, 0.2) is 0 Å². The van der Waals surface area contributed by atoms with Crippen molar-refractivity contribution in [2.75, 3.05) is 26.7 Å². The van der Waals surface area contributed by atoms with Gasteiger partial charge in [0, 0.05) is 31.6 Å². The minimum atomic E-state index is -0.231. The number of aromatic nitrogens is 3. The third-order valence-corrected chi connectivity index (χ3v) is 5.23. The predicted octanol–water partition coefficient (Wildman–Crippen LogP) is 1.36. The fraction of sp³-hybridized carbons (Fsp3) is 0.333. The molecule has 4 rings (SSSR count). The van der Waals surface area contributed by atoms with Gasteiger partial charge in [-0.05, 0) is 18.2 Å².